The van der Waals surface area contributed by atoms with Crippen molar-refractivity contribution in [2.24, 2.45) is 5.41 Å². The third kappa shape index (κ3) is 4.53. The second-order valence-corrected chi connectivity index (χ2v) is 8.41. The summed E-state index contributed by atoms with van der Waals surface area (Å²) in [6, 6.07) is 6.98. The molecule has 0 radical (unpaired) electrons. The number of hydrogen-bond acceptors (Lipinski definition) is 3. The molecule has 1 aromatic rings. The molecular weight excluding hydrogens is 286 g/mol. The highest BCUT2D eigenvalue weighted by Crippen LogP contribution is 2.37. The Labute approximate surface area is 127 Å². The summed E-state index contributed by atoms with van der Waals surface area (Å²) in [5, 5.41) is 8.81. The van der Waals surface area contributed by atoms with Gasteiger partial charge in [-0.15, -0.1) is 0 Å². The smallest absolute Gasteiger partial charge is 0.240 e. The first-order valence-corrected chi connectivity index (χ1v) is 9.03. The van der Waals surface area contributed by atoms with Crippen molar-refractivity contribution in [3.63, 3.8) is 0 Å². The second kappa shape index (κ2) is 6.46. The molecule has 1 aliphatic rings. The lowest BCUT2D eigenvalue weighted by Gasteiger charge is -2.18. The minimum Gasteiger partial charge on any atom is -0.396 e. The van der Waals surface area contributed by atoms with E-state index in [1.807, 2.05) is 12.1 Å². The SMILES string of the molecule is CC1(C)CCC(NS(=O)(=O)c2ccc(CCCO)cc2)C1. The fourth-order valence-corrected chi connectivity index (χ4v) is 4.21. The molecule has 0 bridgehead atoms. The summed E-state index contributed by atoms with van der Waals surface area (Å²) in [7, 11) is -3.43. The van der Waals surface area contributed by atoms with Crippen LogP contribution >= 0.6 is 0 Å². The fraction of sp³-hybridized carbons (Fsp3) is 0.625. The van der Waals surface area contributed by atoms with Crippen molar-refractivity contribution >= 4 is 10.0 Å². The Hall–Kier alpha value is -0.910. The monoisotopic (exact) mass is 311 g/mol. The van der Waals surface area contributed by atoms with Gasteiger partial charge in [0.05, 0.1) is 4.90 Å². The third-order valence-electron chi connectivity index (χ3n) is 4.15. The van der Waals surface area contributed by atoms with E-state index >= 15 is 0 Å². The highest BCUT2D eigenvalue weighted by molar-refractivity contribution is 7.89. The summed E-state index contributed by atoms with van der Waals surface area (Å²) < 4.78 is 27.6. The van der Waals surface area contributed by atoms with Gasteiger partial charge in [-0.05, 0) is 55.2 Å². The lowest BCUT2D eigenvalue weighted by molar-refractivity contribution is 0.288. The van der Waals surface area contributed by atoms with Crippen molar-refractivity contribution in [1.29, 1.82) is 0 Å². The minimum atomic E-state index is -3.43. The van der Waals surface area contributed by atoms with Crippen LogP contribution in [0.4, 0.5) is 0 Å². The number of aryl methyl sites for hydroxylation is 1. The topological polar surface area (TPSA) is 66.4 Å². The highest BCUT2D eigenvalue weighted by Gasteiger charge is 2.33. The van der Waals surface area contributed by atoms with Crippen LogP contribution in [-0.2, 0) is 16.4 Å². The second-order valence-electron chi connectivity index (χ2n) is 6.70. The molecule has 2 rings (SSSR count). The van der Waals surface area contributed by atoms with E-state index in [4.69, 9.17) is 5.11 Å². The van der Waals surface area contributed by atoms with Crippen molar-refractivity contribution in [2.75, 3.05) is 6.61 Å². The van der Waals surface area contributed by atoms with E-state index < -0.39 is 10.0 Å². The summed E-state index contributed by atoms with van der Waals surface area (Å²) in [6.45, 7) is 4.51. The van der Waals surface area contributed by atoms with Gasteiger partial charge in [0, 0.05) is 12.6 Å². The van der Waals surface area contributed by atoms with E-state index in [0.29, 0.717) is 11.3 Å². The molecule has 1 saturated carbocycles. The minimum absolute atomic E-state index is 0.0408. The Bertz CT molecular complexity index is 564. The molecule has 1 atom stereocenters. The normalized spacial score (nSPS) is 21.6. The van der Waals surface area contributed by atoms with E-state index in [9.17, 15) is 8.42 Å². The summed E-state index contributed by atoms with van der Waals surface area (Å²) in [5.74, 6) is 0. The van der Waals surface area contributed by atoms with Gasteiger partial charge in [0.1, 0.15) is 0 Å². The van der Waals surface area contributed by atoms with Gasteiger partial charge in [-0.2, -0.15) is 0 Å². The van der Waals surface area contributed by atoms with E-state index in [0.717, 1.165) is 31.2 Å². The van der Waals surface area contributed by atoms with Gasteiger partial charge >= 0.3 is 0 Å². The average molecular weight is 311 g/mol. The average Bonchev–Trinajstić information content (AvgIpc) is 2.75. The molecule has 1 fully saturated rings. The Kier molecular flexibility index (Phi) is 5.07. The number of benzene rings is 1. The summed E-state index contributed by atoms with van der Waals surface area (Å²) >= 11 is 0. The number of rotatable bonds is 6. The highest BCUT2D eigenvalue weighted by atomic mass is 32.2. The molecular formula is C16H25NO3S. The van der Waals surface area contributed by atoms with Gasteiger partial charge in [-0.25, -0.2) is 13.1 Å². The quantitative estimate of drug-likeness (QED) is 0.848. The van der Waals surface area contributed by atoms with Crippen molar-refractivity contribution in [2.45, 2.75) is 56.9 Å². The molecule has 0 aromatic heterocycles. The largest absolute Gasteiger partial charge is 0.396 e. The molecule has 21 heavy (non-hydrogen) atoms. The molecule has 2 N–H and O–H groups in total. The molecule has 0 amide bonds. The number of nitrogens with one attached hydrogen (secondary N) is 1. The van der Waals surface area contributed by atoms with Gasteiger partial charge in [0.2, 0.25) is 10.0 Å². The van der Waals surface area contributed by atoms with Crippen molar-refractivity contribution in [3.8, 4) is 0 Å². The number of aliphatic hydroxyl groups is 1. The number of hydrogen-bond donors (Lipinski definition) is 2. The first kappa shape index (κ1) is 16.5. The van der Waals surface area contributed by atoms with Crippen LogP contribution in [-0.4, -0.2) is 26.2 Å². The number of sulfonamides is 1. The van der Waals surface area contributed by atoms with Gasteiger partial charge in [-0.3, -0.25) is 0 Å². The molecule has 1 aliphatic carbocycles. The molecule has 0 saturated heterocycles. The molecule has 1 aromatic carbocycles. The van der Waals surface area contributed by atoms with Crippen LogP contribution in [0.5, 0.6) is 0 Å². The Morgan fingerprint density at radius 2 is 1.95 bits per heavy atom. The van der Waals surface area contributed by atoms with Crippen molar-refractivity contribution in [3.05, 3.63) is 29.8 Å². The van der Waals surface area contributed by atoms with E-state index in [-0.39, 0.29) is 18.1 Å². The number of aliphatic hydroxyl groups excluding tert-OH is 1. The molecule has 0 spiro atoms. The molecule has 4 nitrogen and oxygen atoms in total. The van der Waals surface area contributed by atoms with Gasteiger partial charge < -0.3 is 5.11 Å². The first-order chi connectivity index (χ1) is 9.82. The van der Waals surface area contributed by atoms with Crippen molar-refractivity contribution < 1.29 is 13.5 Å². The van der Waals surface area contributed by atoms with Crippen LogP contribution in [0, 0.1) is 5.41 Å². The Balaban J connectivity index is 2.02. The standard InChI is InChI=1S/C16H25NO3S/c1-16(2)10-9-14(12-16)17-21(19,20)15-7-5-13(6-8-15)4-3-11-18/h5-8,14,17-18H,3-4,9-12H2,1-2H3. The van der Waals surface area contributed by atoms with Crippen LogP contribution in [0.3, 0.4) is 0 Å². The summed E-state index contributed by atoms with van der Waals surface area (Å²) in [4.78, 5) is 0.319. The fourth-order valence-electron chi connectivity index (χ4n) is 2.94. The van der Waals surface area contributed by atoms with Crippen LogP contribution in [0.15, 0.2) is 29.2 Å². The van der Waals surface area contributed by atoms with Gasteiger partial charge in [0.25, 0.3) is 0 Å². The zero-order valence-corrected chi connectivity index (χ0v) is 13.6. The lowest BCUT2D eigenvalue weighted by atomic mass is 9.92. The van der Waals surface area contributed by atoms with Crippen LogP contribution in [0.25, 0.3) is 0 Å². The summed E-state index contributed by atoms with van der Waals surface area (Å²) in [5.41, 5.74) is 1.27. The van der Waals surface area contributed by atoms with E-state index in [1.165, 1.54) is 0 Å². The molecule has 5 heteroatoms. The summed E-state index contributed by atoms with van der Waals surface area (Å²) in [6.07, 6.45) is 4.31. The van der Waals surface area contributed by atoms with E-state index in [2.05, 4.69) is 18.6 Å². The van der Waals surface area contributed by atoms with Crippen LogP contribution < -0.4 is 4.72 Å². The molecule has 0 heterocycles. The maximum Gasteiger partial charge on any atom is 0.240 e. The molecule has 1 unspecified atom stereocenters. The Morgan fingerprint density at radius 3 is 2.48 bits per heavy atom. The zero-order chi connectivity index (χ0) is 15.5. The third-order valence-corrected chi connectivity index (χ3v) is 5.68. The molecule has 118 valence electrons. The van der Waals surface area contributed by atoms with Gasteiger partial charge in [-0.1, -0.05) is 26.0 Å². The maximum absolute atomic E-state index is 12.4. The van der Waals surface area contributed by atoms with Gasteiger partial charge in [0.15, 0.2) is 0 Å². The first-order valence-electron chi connectivity index (χ1n) is 7.55. The predicted octanol–water partition coefficient (Wildman–Crippen LogP) is 2.47. The van der Waals surface area contributed by atoms with Crippen molar-refractivity contribution in [1.82, 2.24) is 4.72 Å². The van der Waals surface area contributed by atoms with Crippen LogP contribution in [0.2, 0.25) is 0 Å². The Morgan fingerprint density at radius 1 is 1.29 bits per heavy atom. The lowest BCUT2D eigenvalue weighted by Crippen LogP contribution is -2.33. The van der Waals surface area contributed by atoms with E-state index in [1.54, 1.807) is 12.1 Å². The maximum atomic E-state index is 12.4. The predicted molar refractivity (Wildman–Crippen MR) is 83.6 cm³/mol. The zero-order valence-electron chi connectivity index (χ0n) is 12.8. The van der Waals surface area contributed by atoms with Crippen LogP contribution in [0.1, 0.15) is 45.1 Å². The molecule has 0 aliphatic heterocycles.